The molecule has 1 amide bonds. The van der Waals surface area contributed by atoms with Crippen molar-refractivity contribution < 1.29 is 14.7 Å². The van der Waals surface area contributed by atoms with E-state index in [4.69, 9.17) is 0 Å². The third kappa shape index (κ3) is 2.59. The fourth-order valence-corrected chi connectivity index (χ4v) is 3.54. The largest absolute Gasteiger partial charge is 0.481 e. The number of aliphatic carboxylic acids is 1. The number of hydrogen-bond acceptors (Lipinski definition) is 5. The lowest BCUT2D eigenvalue weighted by molar-refractivity contribution is -0.141. The van der Waals surface area contributed by atoms with E-state index in [9.17, 15) is 14.7 Å². The van der Waals surface area contributed by atoms with Crippen molar-refractivity contribution in [1.29, 1.82) is 0 Å². The average molecular weight is 351 g/mol. The molecular weight excluding hydrogens is 334 g/mol. The first-order valence-corrected chi connectivity index (χ1v) is 8.27. The third-order valence-electron chi connectivity index (χ3n) is 4.95. The van der Waals surface area contributed by atoms with Gasteiger partial charge in [0, 0.05) is 43.7 Å². The van der Waals surface area contributed by atoms with Crippen molar-refractivity contribution in [3.63, 3.8) is 0 Å². The van der Waals surface area contributed by atoms with Crippen molar-refractivity contribution in [1.82, 2.24) is 24.5 Å². The second-order valence-electron chi connectivity index (χ2n) is 6.40. The number of hydrogen-bond donors (Lipinski definition) is 1. The molecule has 132 valence electrons. The van der Waals surface area contributed by atoms with Gasteiger partial charge in [0.1, 0.15) is 0 Å². The normalized spacial score (nSPS) is 19.8. The number of carboxylic acids is 1. The Balaban J connectivity index is 1.66. The predicted octanol–water partition coefficient (Wildman–Crippen LogP) is 1.37. The molecule has 0 spiro atoms. The number of rotatable bonds is 3. The molecule has 26 heavy (non-hydrogen) atoms. The van der Waals surface area contributed by atoms with Gasteiger partial charge in [-0.1, -0.05) is 0 Å². The van der Waals surface area contributed by atoms with Gasteiger partial charge in [0.25, 0.3) is 5.91 Å². The number of nitrogens with zero attached hydrogens (tertiary/aromatic N) is 5. The number of aryl methyl sites for hydroxylation is 1. The molecule has 2 atom stereocenters. The van der Waals surface area contributed by atoms with Gasteiger partial charge in [-0.2, -0.15) is 5.10 Å². The van der Waals surface area contributed by atoms with Gasteiger partial charge in [0.15, 0.2) is 5.65 Å². The summed E-state index contributed by atoms with van der Waals surface area (Å²) in [7, 11) is 0. The van der Waals surface area contributed by atoms with E-state index in [2.05, 4.69) is 15.1 Å². The monoisotopic (exact) mass is 351 g/mol. The highest BCUT2D eigenvalue weighted by Crippen LogP contribution is 2.33. The van der Waals surface area contributed by atoms with Gasteiger partial charge < -0.3 is 10.0 Å². The molecule has 1 saturated heterocycles. The van der Waals surface area contributed by atoms with E-state index < -0.39 is 11.9 Å². The summed E-state index contributed by atoms with van der Waals surface area (Å²) in [6.07, 6.45) is 6.43. The molecule has 0 unspecified atom stereocenters. The van der Waals surface area contributed by atoms with Gasteiger partial charge in [-0.15, -0.1) is 0 Å². The Labute approximate surface area is 149 Å². The van der Waals surface area contributed by atoms with E-state index in [0.717, 1.165) is 5.56 Å². The third-order valence-corrected chi connectivity index (χ3v) is 4.95. The number of pyridine rings is 1. The van der Waals surface area contributed by atoms with Crippen molar-refractivity contribution in [2.75, 3.05) is 13.1 Å². The van der Waals surface area contributed by atoms with Gasteiger partial charge in [-0.25, -0.2) is 9.50 Å². The van der Waals surface area contributed by atoms with E-state index >= 15 is 0 Å². The van der Waals surface area contributed by atoms with Gasteiger partial charge >= 0.3 is 5.97 Å². The van der Waals surface area contributed by atoms with Crippen LogP contribution < -0.4 is 0 Å². The first kappa shape index (κ1) is 16.2. The summed E-state index contributed by atoms with van der Waals surface area (Å²) in [6, 6.07) is 5.37. The Morgan fingerprint density at radius 2 is 1.92 bits per heavy atom. The Bertz CT molecular complexity index is 985. The van der Waals surface area contributed by atoms with Crippen molar-refractivity contribution in [3.8, 4) is 0 Å². The highest BCUT2D eigenvalue weighted by atomic mass is 16.4. The molecule has 3 aromatic heterocycles. The van der Waals surface area contributed by atoms with E-state index in [1.165, 1.54) is 6.20 Å². The van der Waals surface area contributed by atoms with E-state index in [1.807, 2.05) is 0 Å². The quantitative estimate of drug-likeness (QED) is 0.765. The van der Waals surface area contributed by atoms with E-state index in [0.29, 0.717) is 23.4 Å². The molecule has 0 aliphatic carbocycles. The van der Waals surface area contributed by atoms with Crippen LogP contribution in [0.4, 0.5) is 0 Å². The van der Waals surface area contributed by atoms with Crippen LogP contribution in [0.25, 0.3) is 5.65 Å². The van der Waals surface area contributed by atoms with Crippen LogP contribution in [-0.2, 0) is 4.79 Å². The highest BCUT2D eigenvalue weighted by molar-refractivity contribution is 5.96. The van der Waals surface area contributed by atoms with E-state index in [-0.39, 0.29) is 18.4 Å². The second-order valence-corrected chi connectivity index (χ2v) is 6.40. The summed E-state index contributed by atoms with van der Waals surface area (Å²) >= 11 is 0. The Hall–Kier alpha value is -3.29. The van der Waals surface area contributed by atoms with Crippen molar-refractivity contribution >= 4 is 17.5 Å². The zero-order valence-corrected chi connectivity index (χ0v) is 14.1. The molecule has 1 N–H and O–H groups in total. The minimum Gasteiger partial charge on any atom is -0.481 e. The SMILES string of the molecule is Cc1c(C(=O)N2C[C@H](C(=O)O)[C@@H](c3ccncc3)C2)cnc2ccnn12. The Morgan fingerprint density at radius 3 is 2.65 bits per heavy atom. The first-order valence-electron chi connectivity index (χ1n) is 8.27. The molecule has 8 nitrogen and oxygen atoms in total. The molecule has 1 aliphatic heterocycles. The maximum absolute atomic E-state index is 13.0. The van der Waals surface area contributed by atoms with Crippen LogP contribution in [0.15, 0.2) is 43.0 Å². The summed E-state index contributed by atoms with van der Waals surface area (Å²) in [5, 5.41) is 13.8. The fourth-order valence-electron chi connectivity index (χ4n) is 3.54. The number of carbonyl (C=O) groups excluding carboxylic acids is 1. The molecule has 0 saturated carbocycles. The molecule has 1 aliphatic rings. The predicted molar refractivity (Wildman–Crippen MR) is 91.7 cm³/mol. The molecule has 1 fully saturated rings. The number of amides is 1. The van der Waals surface area contributed by atoms with Crippen LogP contribution in [0.1, 0.15) is 27.5 Å². The number of aromatic nitrogens is 4. The standard InChI is InChI=1S/C18H17N5O3/c1-11-13(8-20-16-4-7-21-23(11)16)17(24)22-9-14(15(10-22)18(25)26)12-2-5-19-6-3-12/h2-8,14-15H,9-10H2,1H3,(H,25,26)/t14-,15+/m1/s1. The Kier molecular flexibility index (Phi) is 3.87. The van der Waals surface area contributed by atoms with Gasteiger partial charge in [-0.3, -0.25) is 14.6 Å². The lowest BCUT2D eigenvalue weighted by atomic mass is 9.90. The summed E-state index contributed by atoms with van der Waals surface area (Å²) in [5.41, 5.74) is 2.66. The Morgan fingerprint density at radius 1 is 1.15 bits per heavy atom. The second kappa shape index (κ2) is 6.21. The molecule has 3 aromatic rings. The van der Waals surface area contributed by atoms with Crippen LogP contribution in [-0.4, -0.2) is 54.6 Å². The summed E-state index contributed by atoms with van der Waals surface area (Å²) in [6.45, 7) is 2.31. The summed E-state index contributed by atoms with van der Waals surface area (Å²) < 4.78 is 1.61. The fraction of sp³-hybridized carbons (Fsp3) is 0.278. The molecule has 0 radical (unpaired) electrons. The smallest absolute Gasteiger partial charge is 0.308 e. The van der Waals surface area contributed by atoms with Crippen molar-refractivity contribution in [2.45, 2.75) is 12.8 Å². The maximum atomic E-state index is 13.0. The maximum Gasteiger partial charge on any atom is 0.308 e. The minimum absolute atomic E-state index is 0.164. The van der Waals surface area contributed by atoms with Crippen LogP contribution >= 0.6 is 0 Å². The molecular formula is C18H17N5O3. The lowest BCUT2D eigenvalue weighted by Gasteiger charge is -2.17. The van der Waals surface area contributed by atoms with Gasteiger partial charge in [-0.05, 0) is 24.6 Å². The first-order chi connectivity index (χ1) is 12.6. The van der Waals surface area contributed by atoms with Crippen LogP contribution in [0.3, 0.4) is 0 Å². The lowest BCUT2D eigenvalue weighted by Crippen LogP contribution is -2.31. The van der Waals surface area contributed by atoms with Crippen LogP contribution in [0, 0.1) is 12.8 Å². The summed E-state index contributed by atoms with van der Waals surface area (Å²) in [5.74, 6) is -2.04. The number of carbonyl (C=O) groups is 2. The molecule has 0 aromatic carbocycles. The summed E-state index contributed by atoms with van der Waals surface area (Å²) in [4.78, 5) is 34.6. The minimum atomic E-state index is -0.903. The highest BCUT2D eigenvalue weighted by Gasteiger charge is 2.41. The number of likely N-dealkylation sites (tertiary alicyclic amines) is 1. The molecule has 4 rings (SSSR count). The zero-order chi connectivity index (χ0) is 18.3. The van der Waals surface area contributed by atoms with Gasteiger partial charge in [0.2, 0.25) is 0 Å². The topological polar surface area (TPSA) is 101 Å². The number of carboxylic acid groups (broad SMARTS) is 1. The van der Waals surface area contributed by atoms with Crippen LogP contribution in [0.5, 0.6) is 0 Å². The van der Waals surface area contributed by atoms with Crippen LogP contribution in [0.2, 0.25) is 0 Å². The number of fused-ring (bicyclic) bond motifs is 1. The molecule has 4 heterocycles. The van der Waals surface area contributed by atoms with Gasteiger partial charge in [0.05, 0.1) is 23.4 Å². The molecule has 0 bridgehead atoms. The van der Waals surface area contributed by atoms with Crippen molar-refractivity contribution in [3.05, 3.63) is 59.8 Å². The zero-order valence-electron chi connectivity index (χ0n) is 14.1. The van der Waals surface area contributed by atoms with Crippen molar-refractivity contribution in [2.24, 2.45) is 5.92 Å². The van der Waals surface area contributed by atoms with E-state index in [1.54, 1.807) is 53.1 Å². The molecule has 8 heteroatoms. The average Bonchev–Trinajstić information content (AvgIpc) is 3.30.